The average molecular weight is 640 g/mol. The van der Waals surface area contributed by atoms with Gasteiger partial charge >= 0.3 is 0 Å². The first-order valence-electron chi connectivity index (χ1n) is 16.8. The van der Waals surface area contributed by atoms with Crippen molar-refractivity contribution in [3.63, 3.8) is 0 Å². The Kier molecular flexibility index (Phi) is 6.46. The molecular formula is C46H29N3O. The van der Waals surface area contributed by atoms with Crippen LogP contribution in [0.3, 0.4) is 0 Å². The molecule has 0 saturated heterocycles. The maximum absolute atomic E-state index is 6.16. The zero-order valence-electron chi connectivity index (χ0n) is 27.0. The fraction of sp³-hybridized carbons (Fsp3) is 0. The molecule has 10 rings (SSSR count). The Morgan fingerprint density at radius 3 is 1.74 bits per heavy atom. The summed E-state index contributed by atoms with van der Waals surface area (Å²) in [6.45, 7) is 0. The van der Waals surface area contributed by atoms with Gasteiger partial charge in [0, 0.05) is 38.2 Å². The molecular weight excluding hydrogens is 611 g/mol. The number of rotatable bonds is 5. The van der Waals surface area contributed by atoms with E-state index < -0.39 is 0 Å². The number of para-hydroxylation sites is 4. The third-order valence-electron chi connectivity index (χ3n) is 9.65. The van der Waals surface area contributed by atoms with Gasteiger partial charge in [0.25, 0.3) is 0 Å². The quantitative estimate of drug-likeness (QED) is 0.188. The molecule has 0 aliphatic carbocycles. The molecule has 4 heteroatoms. The van der Waals surface area contributed by atoms with Crippen LogP contribution >= 0.6 is 0 Å². The molecule has 0 aliphatic rings. The van der Waals surface area contributed by atoms with Crippen molar-refractivity contribution in [3.8, 4) is 50.7 Å². The van der Waals surface area contributed by atoms with Crippen molar-refractivity contribution in [1.29, 1.82) is 0 Å². The van der Waals surface area contributed by atoms with Crippen LogP contribution < -0.4 is 0 Å². The van der Waals surface area contributed by atoms with Crippen LogP contribution in [0.2, 0.25) is 0 Å². The lowest BCUT2D eigenvalue weighted by atomic mass is 9.95. The van der Waals surface area contributed by atoms with E-state index in [-0.39, 0.29) is 0 Å². The highest BCUT2D eigenvalue weighted by atomic mass is 16.3. The first-order valence-corrected chi connectivity index (χ1v) is 16.8. The van der Waals surface area contributed by atoms with Gasteiger partial charge in [-0.2, -0.15) is 0 Å². The third kappa shape index (κ3) is 4.54. The summed E-state index contributed by atoms with van der Waals surface area (Å²) in [6, 6.07) is 61.3. The van der Waals surface area contributed by atoms with Gasteiger partial charge in [-0.05, 0) is 59.7 Å². The Morgan fingerprint density at radius 2 is 0.960 bits per heavy atom. The highest BCUT2D eigenvalue weighted by molar-refractivity contribution is 6.10. The Bertz CT molecular complexity index is 2830. The van der Waals surface area contributed by atoms with E-state index in [0.717, 1.165) is 77.9 Å². The second-order valence-corrected chi connectivity index (χ2v) is 12.6. The average Bonchev–Trinajstić information content (AvgIpc) is 3.73. The molecule has 0 bridgehead atoms. The van der Waals surface area contributed by atoms with E-state index in [4.69, 9.17) is 14.4 Å². The Morgan fingerprint density at radius 1 is 0.380 bits per heavy atom. The molecule has 7 aromatic carbocycles. The van der Waals surface area contributed by atoms with Crippen molar-refractivity contribution in [2.24, 2.45) is 0 Å². The predicted molar refractivity (Wildman–Crippen MR) is 205 cm³/mol. The number of hydrogen-bond acceptors (Lipinski definition) is 3. The molecule has 0 unspecified atom stereocenters. The van der Waals surface area contributed by atoms with Crippen LogP contribution in [0.5, 0.6) is 0 Å². The second kappa shape index (κ2) is 11.4. The molecule has 0 amide bonds. The van der Waals surface area contributed by atoms with Crippen molar-refractivity contribution in [3.05, 3.63) is 176 Å². The smallest absolute Gasteiger partial charge is 0.162 e. The minimum Gasteiger partial charge on any atom is -0.456 e. The zero-order valence-corrected chi connectivity index (χ0v) is 27.0. The highest BCUT2D eigenvalue weighted by Gasteiger charge is 2.19. The van der Waals surface area contributed by atoms with Gasteiger partial charge in [-0.1, -0.05) is 127 Å². The number of hydrogen-bond donors (Lipinski definition) is 0. The van der Waals surface area contributed by atoms with Crippen molar-refractivity contribution in [2.75, 3.05) is 0 Å². The summed E-state index contributed by atoms with van der Waals surface area (Å²) in [5.41, 5.74) is 12.1. The standard InChI is InChI=1S/C46H29N3O/c1-2-14-30(15-3-1)39-29-40(33-17-5-4-16-32(33)31-26-27-45-38(28-31)36-20-9-13-25-44(36)50-45)48-46(47-39)37-21-8-12-24-43(37)49-41-22-10-6-18-34(41)35-19-7-11-23-42(35)49/h1-29H. The van der Waals surface area contributed by atoms with Crippen LogP contribution in [0, 0.1) is 0 Å². The summed E-state index contributed by atoms with van der Waals surface area (Å²) in [6.07, 6.45) is 0. The summed E-state index contributed by atoms with van der Waals surface area (Å²) in [4.78, 5) is 10.6. The fourth-order valence-electron chi connectivity index (χ4n) is 7.35. The summed E-state index contributed by atoms with van der Waals surface area (Å²) in [5.74, 6) is 0.671. The van der Waals surface area contributed by atoms with Gasteiger partial charge in [-0.3, -0.25) is 0 Å². The van der Waals surface area contributed by atoms with Crippen LogP contribution in [-0.2, 0) is 0 Å². The number of aromatic nitrogens is 3. The van der Waals surface area contributed by atoms with E-state index >= 15 is 0 Å². The molecule has 3 heterocycles. The summed E-state index contributed by atoms with van der Waals surface area (Å²) in [7, 11) is 0. The van der Waals surface area contributed by atoms with Crippen LogP contribution in [0.25, 0.3) is 94.5 Å². The maximum atomic E-state index is 6.16. The van der Waals surface area contributed by atoms with Crippen LogP contribution in [0.1, 0.15) is 0 Å². The summed E-state index contributed by atoms with van der Waals surface area (Å²) in [5, 5.41) is 4.64. The molecule has 0 spiro atoms. The lowest BCUT2D eigenvalue weighted by Crippen LogP contribution is -2.01. The monoisotopic (exact) mass is 639 g/mol. The van der Waals surface area contributed by atoms with E-state index in [1.807, 2.05) is 18.2 Å². The fourth-order valence-corrected chi connectivity index (χ4v) is 7.35. The molecule has 50 heavy (non-hydrogen) atoms. The lowest BCUT2D eigenvalue weighted by Gasteiger charge is -2.16. The van der Waals surface area contributed by atoms with Gasteiger partial charge in [0.15, 0.2) is 5.82 Å². The molecule has 0 atom stereocenters. The van der Waals surface area contributed by atoms with Crippen molar-refractivity contribution < 1.29 is 4.42 Å². The van der Waals surface area contributed by atoms with Gasteiger partial charge in [0.1, 0.15) is 11.2 Å². The molecule has 3 aromatic heterocycles. The van der Waals surface area contributed by atoms with Crippen LogP contribution in [-0.4, -0.2) is 14.5 Å². The normalized spacial score (nSPS) is 11.6. The van der Waals surface area contributed by atoms with Crippen molar-refractivity contribution in [1.82, 2.24) is 14.5 Å². The Labute approximate surface area is 288 Å². The number of fused-ring (bicyclic) bond motifs is 6. The Hall–Kier alpha value is -6.78. The van der Waals surface area contributed by atoms with E-state index in [9.17, 15) is 0 Å². The van der Waals surface area contributed by atoms with Crippen LogP contribution in [0.15, 0.2) is 180 Å². The van der Waals surface area contributed by atoms with E-state index in [1.54, 1.807) is 0 Å². The zero-order chi connectivity index (χ0) is 33.0. The lowest BCUT2D eigenvalue weighted by molar-refractivity contribution is 0.669. The highest BCUT2D eigenvalue weighted by Crippen LogP contribution is 2.39. The van der Waals surface area contributed by atoms with Crippen LogP contribution in [0.4, 0.5) is 0 Å². The van der Waals surface area contributed by atoms with Crippen molar-refractivity contribution >= 4 is 43.7 Å². The number of furan rings is 1. The molecule has 0 fully saturated rings. The number of nitrogens with zero attached hydrogens (tertiary/aromatic N) is 3. The first-order chi connectivity index (χ1) is 24.8. The third-order valence-corrected chi connectivity index (χ3v) is 9.65. The van der Waals surface area contributed by atoms with Gasteiger partial charge < -0.3 is 8.98 Å². The molecule has 0 aliphatic heterocycles. The second-order valence-electron chi connectivity index (χ2n) is 12.6. The molecule has 0 radical (unpaired) electrons. The first kappa shape index (κ1) is 28.3. The largest absolute Gasteiger partial charge is 0.456 e. The van der Waals surface area contributed by atoms with Gasteiger partial charge in [-0.15, -0.1) is 0 Å². The molecule has 0 N–H and O–H groups in total. The maximum Gasteiger partial charge on any atom is 0.162 e. The predicted octanol–water partition coefficient (Wildman–Crippen LogP) is 12.1. The SMILES string of the molecule is c1ccc(-c2cc(-c3ccccc3-c3ccc4oc5ccccc5c4c3)nc(-c3ccccc3-n3c4ccccc4c4ccccc43)n2)cc1. The topological polar surface area (TPSA) is 43.9 Å². The van der Waals surface area contributed by atoms with Gasteiger partial charge in [0.05, 0.1) is 28.1 Å². The minimum atomic E-state index is 0.671. The minimum absolute atomic E-state index is 0.671. The molecule has 10 aromatic rings. The van der Waals surface area contributed by atoms with E-state index in [2.05, 4.69) is 162 Å². The Balaban J connectivity index is 1.21. The summed E-state index contributed by atoms with van der Waals surface area (Å²) < 4.78 is 8.50. The molecule has 234 valence electrons. The summed E-state index contributed by atoms with van der Waals surface area (Å²) >= 11 is 0. The number of benzene rings is 7. The molecule has 4 nitrogen and oxygen atoms in total. The molecule has 0 saturated carbocycles. The van der Waals surface area contributed by atoms with Gasteiger partial charge in [-0.25, -0.2) is 9.97 Å². The van der Waals surface area contributed by atoms with E-state index in [0.29, 0.717) is 5.82 Å². The van der Waals surface area contributed by atoms with Gasteiger partial charge in [0.2, 0.25) is 0 Å². The van der Waals surface area contributed by atoms with Crippen molar-refractivity contribution in [2.45, 2.75) is 0 Å². The van der Waals surface area contributed by atoms with E-state index in [1.165, 1.54) is 10.8 Å².